The number of unbranched alkanes of at least 4 members (excludes halogenated alkanes) is 1. The molecule has 0 amide bonds. The summed E-state index contributed by atoms with van der Waals surface area (Å²) >= 11 is 4.95. The summed E-state index contributed by atoms with van der Waals surface area (Å²) in [5.74, 6) is 0. The zero-order valence-corrected chi connectivity index (χ0v) is 15.5. The Hall–Kier alpha value is 1.38. The van der Waals surface area contributed by atoms with Crippen molar-refractivity contribution >= 4 is 45.2 Å². The van der Waals surface area contributed by atoms with Gasteiger partial charge in [0.15, 0.2) is 0 Å². The number of hydrogen-bond acceptors (Lipinski definition) is 2. The van der Waals surface area contributed by atoms with Gasteiger partial charge in [0.05, 0.1) is 18.3 Å². The lowest BCUT2D eigenvalue weighted by molar-refractivity contribution is -0.151. The Morgan fingerprint density at radius 2 is 2.00 bits per heavy atom. The van der Waals surface area contributed by atoms with E-state index in [0.717, 1.165) is 10.8 Å². The highest BCUT2D eigenvalue weighted by atomic mass is 127. The van der Waals surface area contributed by atoms with Gasteiger partial charge in [0.1, 0.15) is 5.60 Å². The second kappa shape index (κ2) is 7.41. The van der Waals surface area contributed by atoms with Crippen LogP contribution in [0.25, 0.3) is 0 Å². The lowest BCUT2D eigenvalue weighted by Gasteiger charge is -2.41. The molecule has 0 spiro atoms. The predicted molar refractivity (Wildman–Crippen MR) is 92.0 cm³/mol. The van der Waals surface area contributed by atoms with Crippen LogP contribution in [0.3, 0.4) is 0 Å². The fraction of sp³-hybridized carbons (Fsp3) is 1.00. The molecule has 2 nitrogen and oxygen atoms in total. The largest absolute Gasteiger partial charge is 0.372 e. The average molecular weight is 478 g/mol. The summed E-state index contributed by atoms with van der Waals surface area (Å²) in [6, 6.07) is 0. The molecule has 0 aromatic heterocycles. The van der Waals surface area contributed by atoms with Gasteiger partial charge in [-0.1, -0.05) is 64.9 Å². The molecular weight excluding hydrogens is 454 g/mol. The fourth-order valence-corrected chi connectivity index (χ4v) is 4.88. The van der Waals surface area contributed by atoms with Crippen molar-refractivity contribution in [1.29, 1.82) is 0 Å². The minimum Gasteiger partial charge on any atom is -0.372 e. The standard InChI is InChI=1S/C14H24I2O2/c1-2-3-4-12-9-14(10-16)13(17-12)6-5-11(18-14)7-8-15/h11-13H,2-10H2,1H3/t11-,12+,13+,14-/m1/s1. The first kappa shape index (κ1) is 15.8. The molecule has 4 heteroatoms. The van der Waals surface area contributed by atoms with E-state index in [-0.39, 0.29) is 5.60 Å². The van der Waals surface area contributed by atoms with E-state index >= 15 is 0 Å². The monoisotopic (exact) mass is 478 g/mol. The van der Waals surface area contributed by atoms with Crippen LogP contribution in [0.4, 0.5) is 0 Å². The molecule has 2 heterocycles. The van der Waals surface area contributed by atoms with Gasteiger partial charge >= 0.3 is 0 Å². The summed E-state index contributed by atoms with van der Waals surface area (Å²) in [6.45, 7) is 2.25. The van der Waals surface area contributed by atoms with Crippen LogP contribution in [0.1, 0.15) is 51.9 Å². The summed E-state index contributed by atoms with van der Waals surface area (Å²) in [4.78, 5) is 0. The van der Waals surface area contributed by atoms with Crippen LogP contribution in [0, 0.1) is 0 Å². The van der Waals surface area contributed by atoms with Crippen LogP contribution in [-0.4, -0.2) is 32.8 Å². The topological polar surface area (TPSA) is 18.5 Å². The number of rotatable bonds is 6. The van der Waals surface area contributed by atoms with Gasteiger partial charge in [-0.2, -0.15) is 0 Å². The van der Waals surface area contributed by atoms with E-state index in [1.54, 1.807) is 0 Å². The molecular formula is C14H24I2O2. The van der Waals surface area contributed by atoms with Crippen LogP contribution in [0.5, 0.6) is 0 Å². The molecule has 0 bridgehead atoms. The van der Waals surface area contributed by atoms with E-state index in [1.165, 1.54) is 43.0 Å². The van der Waals surface area contributed by atoms with Crippen LogP contribution in [0.15, 0.2) is 0 Å². The highest BCUT2D eigenvalue weighted by molar-refractivity contribution is 14.1. The molecule has 2 fully saturated rings. The van der Waals surface area contributed by atoms with Gasteiger partial charge in [-0.3, -0.25) is 0 Å². The third-order valence-electron chi connectivity index (χ3n) is 4.21. The minimum absolute atomic E-state index is 0.0354. The lowest BCUT2D eigenvalue weighted by atomic mass is 9.87. The molecule has 0 N–H and O–H groups in total. The van der Waals surface area contributed by atoms with Crippen LogP contribution < -0.4 is 0 Å². The first-order valence-electron chi connectivity index (χ1n) is 7.19. The minimum atomic E-state index is 0.0354. The van der Waals surface area contributed by atoms with Gasteiger partial charge in [0.2, 0.25) is 0 Å². The maximum absolute atomic E-state index is 6.46. The molecule has 4 atom stereocenters. The van der Waals surface area contributed by atoms with E-state index in [9.17, 15) is 0 Å². The number of alkyl halides is 2. The van der Waals surface area contributed by atoms with Crippen molar-refractivity contribution in [3.8, 4) is 0 Å². The molecule has 106 valence electrons. The third kappa shape index (κ3) is 3.52. The van der Waals surface area contributed by atoms with Gasteiger partial charge in [-0.05, 0) is 25.7 Å². The molecule has 0 radical (unpaired) electrons. The first-order chi connectivity index (χ1) is 8.74. The third-order valence-corrected chi connectivity index (χ3v) is 6.12. The smallest absolute Gasteiger partial charge is 0.106 e. The van der Waals surface area contributed by atoms with Gasteiger partial charge in [-0.25, -0.2) is 0 Å². The van der Waals surface area contributed by atoms with E-state index < -0.39 is 0 Å². The molecule has 18 heavy (non-hydrogen) atoms. The van der Waals surface area contributed by atoms with Crippen LogP contribution in [0.2, 0.25) is 0 Å². The summed E-state index contributed by atoms with van der Waals surface area (Å²) in [6.07, 6.45) is 9.76. The molecule has 2 rings (SSSR count). The van der Waals surface area contributed by atoms with Gasteiger partial charge < -0.3 is 9.47 Å². The highest BCUT2D eigenvalue weighted by Crippen LogP contribution is 2.44. The predicted octanol–water partition coefficient (Wildman–Crippen LogP) is 4.51. The van der Waals surface area contributed by atoms with Crippen molar-refractivity contribution in [1.82, 2.24) is 0 Å². The number of fused-ring (bicyclic) bond motifs is 1. The summed E-state index contributed by atoms with van der Waals surface area (Å²) in [5.41, 5.74) is 0.0354. The SMILES string of the molecule is CCCC[C@H]1C[C@]2(CI)O[C@@H](CCI)CC[C@@H]2O1. The summed E-state index contributed by atoms with van der Waals surface area (Å²) in [7, 11) is 0. The lowest BCUT2D eigenvalue weighted by Crippen LogP contribution is -2.49. The van der Waals surface area contributed by atoms with Crippen LogP contribution >= 0.6 is 45.2 Å². The van der Waals surface area contributed by atoms with E-state index in [4.69, 9.17) is 9.47 Å². The molecule has 0 saturated carbocycles. The zero-order chi connectivity index (χ0) is 13.0. The van der Waals surface area contributed by atoms with Gasteiger partial charge in [-0.15, -0.1) is 0 Å². The van der Waals surface area contributed by atoms with Crippen molar-refractivity contribution in [2.45, 2.75) is 75.8 Å². The quantitative estimate of drug-likeness (QED) is 0.414. The Balaban J connectivity index is 1.96. The Kier molecular flexibility index (Phi) is 6.49. The summed E-state index contributed by atoms with van der Waals surface area (Å²) < 4.78 is 15.0. The molecule has 0 aromatic carbocycles. The fourth-order valence-electron chi connectivity index (χ4n) is 3.20. The maximum atomic E-state index is 6.46. The van der Waals surface area contributed by atoms with Crippen molar-refractivity contribution in [3.05, 3.63) is 0 Å². The van der Waals surface area contributed by atoms with Crippen molar-refractivity contribution in [2.24, 2.45) is 0 Å². The zero-order valence-electron chi connectivity index (χ0n) is 11.2. The second-order valence-corrected chi connectivity index (χ2v) is 7.43. The molecule has 2 saturated heterocycles. The van der Waals surface area contributed by atoms with E-state index in [0.29, 0.717) is 18.3 Å². The van der Waals surface area contributed by atoms with Crippen molar-refractivity contribution < 1.29 is 9.47 Å². The highest BCUT2D eigenvalue weighted by Gasteiger charge is 2.51. The Labute approximate surface area is 138 Å². The van der Waals surface area contributed by atoms with E-state index in [2.05, 4.69) is 52.1 Å². The molecule has 0 aliphatic carbocycles. The van der Waals surface area contributed by atoms with E-state index in [1.807, 2.05) is 0 Å². The number of ether oxygens (including phenoxy) is 2. The maximum Gasteiger partial charge on any atom is 0.106 e. The summed E-state index contributed by atoms with van der Waals surface area (Å²) in [5, 5.41) is 0. The first-order valence-corrected chi connectivity index (χ1v) is 10.2. The number of halogens is 2. The second-order valence-electron chi connectivity index (χ2n) is 5.59. The Morgan fingerprint density at radius 1 is 1.17 bits per heavy atom. The average Bonchev–Trinajstić information content (AvgIpc) is 2.75. The molecule has 0 aromatic rings. The van der Waals surface area contributed by atoms with Crippen molar-refractivity contribution in [2.75, 3.05) is 8.86 Å². The Morgan fingerprint density at radius 3 is 2.67 bits per heavy atom. The van der Waals surface area contributed by atoms with Gasteiger partial charge in [0, 0.05) is 15.3 Å². The molecule has 0 unspecified atom stereocenters. The normalized spacial score (nSPS) is 39.8. The molecule has 2 aliphatic rings. The number of hydrogen-bond donors (Lipinski definition) is 0. The molecule has 2 aliphatic heterocycles. The van der Waals surface area contributed by atoms with Crippen molar-refractivity contribution in [3.63, 3.8) is 0 Å². The Bertz CT molecular complexity index is 262. The van der Waals surface area contributed by atoms with Crippen LogP contribution in [-0.2, 0) is 9.47 Å². The van der Waals surface area contributed by atoms with Gasteiger partial charge in [0.25, 0.3) is 0 Å².